The van der Waals surface area contributed by atoms with Gasteiger partial charge in [-0.1, -0.05) is 213 Å². The molecule has 10 heteroatoms. The summed E-state index contributed by atoms with van der Waals surface area (Å²) in [5.74, 6) is 0.998. The van der Waals surface area contributed by atoms with Crippen molar-refractivity contribution in [1.29, 1.82) is 0 Å². The lowest BCUT2D eigenvalue weighted by Gasteiger charge is -2.40. The van der Waals surface area contributed by atoms with E-state index in [0.29, 0.717) is 6.42 Å². The largest absolute Gasteiger partial charge is 0.394 e. The number of carbonyl (C=O) groups is 1. The fraction of sp³-hybridized carbons (Fsp3) is 0.939. The predicted molar refractivity (Wildman–Crippen MR) is 241 cm³/mol. The highest BCUT2D eigenvalue weighted by Gasteiger charge is 2.44. The van der Waals surface area contributed by atoms with Gasteiger partial charge in [0.2, 0.25) is 5.91 Å². The molecule has 0 aliphatic carbocycles. The van der Waals surface area contributed by atoms with E-state index in [4.69, 9.17) is 9.47 Å². The fourth-order valence-corrected chi connectivity index (χ4v) is 8.00. The molecule has 1 aliphatic heterocycles. The normalized spacial score (nSPS) is 21.5. The zero-order valence-corrected chi connectivity index (χ0v) is 38.5. The van der Waals surface area contributed by atoms with Crippen molar-refractivity contribution in [2.45, 2.75) is 269 Å². The maximum absolute atomic E-state index is 13.1. The number of aliphatic hydroxyl groups is 6. The molecule has 1 fully saturated rings. The van der Waals surface area contributed by atoms with Crippen molar-refractivity contribution in [3.63, 3.8) is 0 Å². The van der Waals surface area contributed by atoms with E-state index < -0.39 is 61.5 Å². The molecule has 350 valence electrons. The number of nitrogens with one attached hydrogen (secondary N) is 1. The molecule has 1 rings (SSSR count). The molecule has 1 aliphatic rings. The molecule has 1 saturated heterocycles. The Bertz CT molecular complexity index is 979. The van der Waals surface area contributed by atoms with Crippen LogP contribution >= 0.6 is 0 Å². The highest BCUT2D eigenvalue weighted by atomic mass is 16.7. The lowest BCUT2D eigenvalue weighted by Crippen LogP contribution is -2.60. The minimum atomic E-state index is -1.61. The molecular weight excluding hydrogens is 747 g/mol. The summed E-state index contributed by atoms with van der Waals surface area (Å²) in [4.78, 5) is 13.1. The average molecular weight is 842 g/mol. The maximum Gasteiger partial charge on any atom is 0.249 e. The van der Waals surface area contributed by atoms with Crippen LogP contribution in [0.2, 0.25) is 0 Å². The number of amides is 1. The lowest BCUT2D eigenvalue weighted by molar-refractivity contribution is -0.302. The minimum Gasteiger partial charge on any atom is -0.394 e. The second-order valence-corrected chi connectivity index (χ2v) is 18.7. The number of aliphatic hydroxyl groups excluding tert-OH is 6. The highest BCUT2D eigenvalue weighted by Crippen LogP contribution is 2.23. The number of rotatable bonds is 40. The summed E-state index contributed by atoms with van der Waals surface area (Å²) in [6, 6.07) is -0.976. The first-order valence-corrected chi connectivity index (χ1v) is 24.7. The molecule has 0 saturated carbocycles. The highest BCUT2D eigenvalue weighted by molar-refractivity contribution is 5.80. The monoisotopic (exact) mass is 842 g/mol. The molecule has 0 radical (unpaired) electrons. The van der Waals surface area contributed by atoms with E-state index >= 15 is 0 Å². The summed E-state index contributed by atoms with van der Waals surface area (Å²) < 4.78 is 11.1. The van der Waals surface area contributed by atoms with Gasteiger partial charge in [0.05, 0.1) is 25.4 Å². The van der Waals surface area contributed by atoms with E-state index in [9.17, 15) is 35.4 Å². The number of allylic oxidation sites excluding steroid dienone is 1. The second-order valence-electron chi connectivity index (χ2n) is 18.7. The van der Waals surface area contributed by atoms with E-state index in [-0.39, 0.29) is 6.61 Å². The van der Waals surface area contributed by atoms with Gasteiger partial charge in [0.1, 0.15) is 30.5 Å². The van der Waals surface area contributed by atoms with Crippen LogP contribution in [0.3, 0.4) is 0 Å². The second kappa shape index (κ2) is 37.4. The van der Waals surface area contributed by atoms with Crippen LogP contribution < -0.4 is 5.32 Å². The quantitative estimate of drug-likeness (QED) is 0.0235. The van der Waals surface area contributed by atoms with E-state index in [1.807, 2.05) is 6.08 Å². The SMILES string of the molecule is CC(C)CCCCCCCCC/C=C/[C@@H](O)[C@H](CO[C@@H]1O[C@H](CO)[C@@H](O)[C@H](O)[C@H]1O)NC(=O)C(O)CCCCCCCCCCCCCCCCCCCCCC(C)C. The molecule has 1 heterocycles. The van der Waals surface area contributed by atoms with Gasteiger partial charge in [0, 0.05) is 0 Å². The number of ether oxygens (including phenoxy) is 2. The Morgan fingerprint density at radius 1 is 0.576 bits per heavy atom. The summed E-state index contributed by atoms with van der Waals surface area (Å²) >= 11 is 0. The summed E-state index contributed by atoms with van der Waals surface area (Å²) in [6.45, 7) is 8.27. The first kappa shape index (κ1) is 55.9. The van der Waals surface area contributed by atoms with Gasteiger partial charge in [0.15, 0.2) is 6.29 Å². The zero-order chi connectivity index (χ0) is 43.5. The molecule has 0 aromatic carbocycles. The summed E-state index contributed by atoms with van der Waals surface area (Å²) in [6.07, 6.45) is 30.3. The number of carbonyl (C=O) groups excluding carboxylic acids is 1. The van der Waals surface area contributed by atoms with E-state index in [0.717, 1.165) is 56.8 Å². The van der Waals surface area contributed by atoms with Crippen molar-refractivity contribution in [1.82, 2.24) is 5.32 Å². The zero-order valence-electron chi connectivity index (χ0n) is 38.5. The number of unbranched alkanes of at least 4 members (excludes halogenated alkanes) is 25. The summed E-state index contributed by atoms with van der Waals surface area (Å²) in [5, 5.41) is 64.7. The average Bonchev–Trinajstić information content (AvgIpc) is 3.21. The van der Waals surface area contributed by atoms with Crippen molar-refractivity contribution in [2.75, 3.05) is 13.2 Å². The van der Waals surface area contributed by atoms with Crippen molar-refractivity contribution in [3.8, 4) is 0 Å². The van der Waals surface area contributed by atoms with Crippen LogP contribution in [-0.2, 0) is 14.3 Å². The van der Waals surface area contributed by atoms with E-state index in [2.05, 4.69) is 33.0 Å². The van der Waals surface area contributed by atoms with Gasteiger partial charge in [-0.3, -0.25) is 4.79 Å². The molecule has 0 spiro atoms. The predicted octanol–water partition coefficient (Wildman–Crippen LogP) is 9.58. The molecule has 0 aromatic rings. The molecule has 8 atom stereocenters. The standard InChI is InChI=1S/C49H95NO9/c1-39(2)33-29-25-21-17-14-12-10-8-6-5-7-9-11-13-15-19-24-28-32-36-43(53)48(57)50-41(38-58-49-47(56)46(55)45(54)44(37-51)59-49)42(52)35-31-27-23-20-16-18-22-26-30-34-40(3)4/h31,35,39-47,49,51-56H,5-30,32-34,36-38H2,1-4H3,(H,50,57)/b35-31+/t41-,42+,43?,44+,45+,46-,47+,49+/m0/s1. The Balaban J connectivity index is 2.30. The molecule has 7 N–H and O–H groups in total. The Morgan fingerprint density at radius 2 is 0.966 bits per heavy atom. The van der Waals surface area contributed by atoms with Gasteiger partial charge in [-0.15, -0.1) is 0 Å². The van der Waals surface area contributed by atoms with Crippen LogP contribution in [0.1, 0.15) is 220 Å². The van der Waals surface area contributed by atoms with Crippen molar-refractivity contribution in [3.05, 3.63) is 12.2 Å². The molecule has 10 nitrogen and oxygen atoms in total. The van der Waals surface area contributed by atoms with Crippen LogP contribution in [0.5, 0.6) is 0 Å². The molecule has 0 aromatic heterocycles. The molecule has 59 heavy (non-hydrogen) atoms. The van der Waals surface area contributed by atoms with Gasteiger partial charge in [0.25, 0.3) is 0 Å². The van der Waals surface area contributed by atoms with Crippen molar-refractivity contribution in [2.24, 2.45) is 11.8 Å². The lowest BCUT2D eigenvalue weighted by atomic mass is 9.99. The Morgan fingerprint density at radius 3 is 1.37 bits per heavy atom. The Hall–Kier alpha value is -1.11. The van der Waals surface area contributed by atoms with Crippen LogP contribution in [0.4, 0.5) is 0 Å². The Kier molecular flexibility index (Phi) is 35.5. The third-order valence-electron chi connectivity index (χ3n) is 12.1. The molecule has 0 bridgehead atoms. The number of hydrogen-bond acceptors (Lipinski definition) is 9. The molecule has 1 unspecified atom stereocenters. The van der Waals surface area contributed by atoms with Gasteiger partial charge < -0.3 is 45.4 Å². The van der Waals surface area contributed by atoms with E-state index in [1.54, 1.807) is 6.08 Å². The topological polar surface area (TPSA) is 169 Å². The Labute approximate surface area is 361 Å². The van der Waals surface area contributed by atoms with Crippen LogP contribution in [0, 0.1) is 11.8 Å². The summed E-state index contributed by atoms with van der Waals surface area (Å²) in [5.41, 5.74) is 0. The van der Waals surface area contributed by atoms with E-state index in [1.165, 1.54) is 141 Å². The van der Waals surface area contributed by atoms with Gasteiger partial charge >= 0.3 is 0 Å². The smallest absolute Gasteiger partial charge is 0.249 e. The molecular formula is C49H95NO9. The first-order chi connectivity index (χ1) is 28.5. The van der Waals surface area contributed by atoms with Gasteiger partial charge in [-0.2, -0.15) is 0 Å². The van der Waals surface area contributed by atoms with Crippen LogP contribution in [0.15, 0.2) is 12.2 Å². The number of hydrogen-bond donors (Lipinski definition) is 7. The van der Waals surface area contributed by atoms with Crippen molar-refractivity contribution < 1.29 is 44.9 Å². The van der Waals surface area contributed by atoms with Crippen LogP contribution in [0.25, 0.3) is 0 Å². The van der Waals surface area contributed by atoms with Crippen molar-refractivity contribution >= 4 is 5.91 Å². The van der Waals surface area contributed by atoms with Gasteiger partial charge in [-0.25, -0.2) is 0 Å². The fourth-order valence-electron chi connectivity index (χ4n) is 8.00. The third kappa shape index (κ3) is 29.8. The minimum absolute atomic E-state index is 0.303. The first-order valence-electron chi connectivity index (χ1n) is 24.7. The summed E-state index contributed by atoms with van der Waals surface area (Å²) in [7, 11) is 0. The molecule has 1 amide bonds. The van der Waals surface area contributed by atoms with Crippen LogP contribution in [-0.4, -0.2) is 98.7 Å². The maximum atomic E-state index is 13.1. The van der Waals surface area contributed by atoms with Gasteiger partial charge in [-0.05, 0) is 31.1 Å². The third-order valence-corrected chi connectivity index (χ3v) is 12.1.